The lowest BCUT2D eigenvalue weighted by molar-refractivity contribution is 0.486. The van der Waals surface area contributed by atoms with E-state index < -0.39 is 0 Å². The molecule has 1 aliphatic heterocycles. The van der Waals surface area contributed by atoms with Gasteiger partial charge in [-0.2, -0.15) is 0 Å². The summed E-state index contributed by atoms with van der Waals surface area (Å²) >= 11 is 0. The fourth-order valence-electron chi connectivity index (χ4n) is 3.49. The number of hydrogen-bond donors (Lipinski definition) is 1. The van der Waals surface area contributed by atoms with Crippen LogP contribution in [0.15, 0.2) is 53.7 Å². The van der Waals surface area contributed by atoms with Crippen molar-refractivity contribution in [3.8, 4) is 0 Å². The van der Waals surface area contributed by atoms with Gasteiger partial charge in [0.1, 0.15) is 5.82 Å². The van der Waals surface area contributed by atoms with Gasteiger partial charge in [-0.1, -0.05) is 36.4 Å². The predicted octanol–water partition coefficient (Wildman–Crippen LogP) is 3.72. The Hall–Kier alpha value is -1.83. The monoisotopic (exact) mass is 479 g/mol. The summed E-state index contributed by atoms with van der Waals surface area (Å²) in [6, 6.07) is 14.9. The molecule has 2 aromatic rings. The van der Waals surface area contributed by atoms with Gasteiger partial charge in [-0.05, 0) is 25.0 Å². The Labute approximate surface area is 179 Å². The van der Waals surface area contributed by atoms with Crippen LogP contribution < -0.4 is 10.2 Å². The Balaban J connectivity index is 0.00000261. The van der Waals surface area contributed by atoms with Gasteiger partial charge in [-0.25, -0.2) is 9.98 Å². The van der Waals surface area contributed by atoms with Crippen molar-refractivity contribution in [3.05, 3.63) is 59.8 Å². The average molecular weight is 479 g/mol. The Morgan fingerprint density at radius 1 is 1.22 bits per heavy atom. The highest BCUT2D eigenvalue weighted by atomic mass is 127. The molecule has 6 heteroatoms. The van der Waals surface area contributed by atoms with Crippen LogP contribution in [0.25, 0.3) is 0 Å². The number of nitrogens with one attached hydrogen (secondary N) is 1. The van der Waals surface area contributed by atoms with E-state index in [0.717, 1.165) is 37.0 Å². The van der Waals surface area contributed by atoms with E-state index in [4.69, 9.17) is 4.99 Å². The number of aliphatic imine (C=N–C) groups is 1. The number of benzene rings is 1. The summed E-state index contributed by atoms with van der Waals surface area (Å²) in [5.41, 5.74) is 2.57. The molecule has 0 aliphatic carbocycles. The normalized spacial score (nSPS) is 16.8. The van der Waals surface area contributed by atoms with E-state index in [0.29, 0.717) is 12.5 Å². The van der Waals surface area contributed by atoms with E-state index in [9.17, 15) is 0 Å². The first-order valence-electron chi connectivity index (χ1n) is 9.38. The van der Waals surface area contributed by atoms with Crippen LogP contribution in [0.1, 0.15) is 30.4 Å². The van der Waals surface area contributed by atoms with Crippen molar-refractivity contribution < 1.29 is 0 Å². The van der Waals surface area contributed by atoms with Crippen molar-refractivity contribution in [3.63, 3.8) is 0 Å². The van der Waals surface area contributed by atoms with Gasteiger partial charge >= 0.3 is 0 Å². The molecule has 27 heavy (non-hydrogen) atoms. The second-order valence-corrected chi connectivity index (χ2v) is 6.89. The van der Waals surface area contributed by atoms with Crippen LogP contribution in [0.2, 0.25) is 0 Å². The average Bonchev–Trinajstić information content (AvgIpc) is 3.16. The highest BCUT2D eigenvalue weighted by Gasteiger charge is 2.25. The molecular formula is C21H30IN5. The smallest absolute Gasteiger partial charge is 0.194 e. The Kier molecular flexibility index (Phi) is 8.34. The molecule has 1 aromatic carbocycles. The standard InChI is InChI=1S/C21H29N5.HI/c1-4-22-21(24-15-18-11-8-13-23-20(18)25(2)3)26-14-12-19(16-26)17-9-6-5-7-10-17;/h5-11,13,19H,4,12,14-16H2,1-3H3,(H,22,24);1H. The quantitative estimate of drug-likeness (QED) is 0.404. The van der Waals surface area contributed by atoms with E-state index in [-0.39, 0.29) is 24.0 Å². The molecule has 1 atom stereocenters. The minimum Gasteiger partial charge on any atom is -0.362 e. The Bertz CT molecular complexity index is 732. The molecule has 0 amide bonds. The number of guanidine groups is 1. The molecule has 1 unspecified atom stereocenters. The van der Waals surface area contributed by atoms with Crippen molar-refractivity contribution in [1.82, 2.24) is 15.2 Å². The molecule has 0 radical (unpaired) electrons. The predicted molar refractivity (Wildman–Crippen MR) is 124 cm³/mol. The second-order valence-electron chi connectivity index (χ2n) is 6.89. The van der Waals surface area contributed by atoms with Gasteiger partial charge in [-0.3, -0.25) is 0 Å². The van der Waals surface area contributed by atoms with E-state index >= 15 is 0 Å². The number of anilines is 1. The maximum Gasteiger partial charge on any atom is 0.194 e. The summed E-state index contributed by atoms with van der Waals surface area (Å²) < 4.78 is 0. The lowest BCUT2D eigenvalue weighted by Crippen LogP contribution is -2.40. The second kappa shape index (κ2) is 10.5. The van der Waals surface area contributed by atoms with Gasteiger partial charge in [0.15, 0.2) is 5.96 Å². The van der Waals surface area contributed by atoms with Crippen LogP contribution in [-0.4, -0.2) is 49.6 Å². The molecular weight excluding hydrogens is 449 g/mol. The molecule has 146 valence electrons. The summed E-state index contributed by atoms with van der Waals surface area (Å²) in [5, 5.41) is 3.46. The van der Waals surface area contributed by atoms with Gasteiger partial charge < -0.3 is 15.1 Å². The maximum absolute atomic E-state index is 4.90. The number of hydrogen-bond acceptors (Lipinski definition) is 3. The molecule has 0 bridgehead atoms. The summed E-state index contributed by atoms with van der Waals surface area (Å²) in [7, 11) is 4.04. The largest absolute Gasteiger partial charge is 0.362 e. The molecule has 1 fully saturated rings. The summed E-state index contributed by atoms with van der Waals surface area (Å²) in [6.07, 6.45) is 3.00. The molecule has 0 spiro atoms. The van der Waals surface area contributed by atoms with Crippen molar-refractivity contribution >= 4 is 35.8 Å². The number of nitrogens with zero attached hydrogens (tertiary/aromatic N) is 4. The Morgan fingerprint density at radius 2 is 2.00 bits per heavy atom. The van der Waals surface area contributed by atoms with Crippen LogP contribution in [0.3, 0.4) is 0 Å². The minimum absolute atomic E-state index is 0. The van der Waals surface area contributed by atoms with Crippen LogP contribution in [0.5, 0.6) is 0 Å². The Morgan fingerprint density at radius 3 is 2.70 bits per heavy atom. The molecule has 1 saturated heterocycles. The van der Waals surface area contributed by atoms with Gasteiger partial charge in [0.25, 0.3) is 0 Å². The first-order valence-corrected chi connectivity index (χ1v) is 9.38. The van der Waals surface area contributed by atoms with Crippen molar-refractivity contribution in [1.29, 1.82) is 0 Å². The number of pyridine rings is 1. The highest BCUT2D eigenvalue weighted by Crippen LogP contribution is 2.27. The number of rotatable bonds is 5. The molecule has 1 aliphatic rings. The van der Waals surface area contributed by atoms with Crippen LogP contribution >= 0.6 is 24.0 Å². The van der Waals surface area contributed by atoms with Crippen LogP contribution in [0.4, 0.5) is 5.82 Å². The first-order chi connectivity index (χ1) is 12.7. The highest BCUT2D eigenvalue weighted by molar-refractivity contribution is 14.0. The van der Waals surface area contributed by atoms with E-state index in [1.165, 1.54) is 12.0 Å². The lowest BCUT2D eigenvalue weighted by atomic mass is 9.99. The first kappa shape index (κ1) is 21.5. The van der Waals surface area contributed by atoms with Gasteiger partial charge in [0.05, 0.1) is 6.54 Å². The third-order valence-electron chi connectivity index (χ3n) is 4.78. The van der Waals surface area contributed by atoms with Gasteiger partial charge in [0.2, 0.25) is 0 Å². The molecule has 0 saturated carbocycles. The molecule has 5 nitrogen and oxygen atoms in total. The van der Waals surface area contributed by atoms with Crippen LogP contribution in [-0.2, 0) is 6.54 Å². The van der Waals surface area contributed by atoms with Crippen molar-refractivity contribution in [2.45, 2.75) is 25.8 Å². The lowest BCUT2D eigenvalue weighted by Gasteiger charge is -2.22. The fourth-order valence-corrected chi connectivity index (χ4v) is 3.49. The summed E-state index contributed by atoms with van der Waals surface area (Å²) in [5.74, 6) is 2.56. The van der Waals surface area contributed by atoms with Gasteiger partial charge in [0, 0.05) is 51.4 Å². The molecule has 1 aromatic heterocycles. The fraction of sp³-hybridized carbons (Fsp3) is 0.429. The molecule has 1 N–H and O–H groups in total. The number of likely N-dealkylation sites (tertiary alicyclic amines) is 1. The van der Waals surface area contributed by atoms with E-state index in [2.05, 4.69) is 58.5 Å². The zero-order valence-corrected chi connectivity index (χ0v) is 18.8. The zero-order chi connectivity index (χ0) is 18.4. The van der Waals surface area contributed by atoms with Crippen molar-refractivity contribution in [2.75, 3.05) is 38.6 Å². The molecule has 2 heterocycles. The number of halogens is 1. The van der Waals surface area contributed by atoms with E-state index in [1.807, 2.05) is 31.3 Å². The maximum atomic E-state index is 4.90. The zero-order valence-electron chi connectivity index (χ0n) is 16.4. The SMILES string of the molecule is CCNC(=NCc1cccnc1N(C)C)N1CCC(c2ccccc2)C1.I. The summed E-state index contributed by atoms with van der Waals surface area (Å²) in [4.78, 5) is 13.8. The van der Waals surface area contributed by atoms with Crippen LogP contribution in [0, 0.1) is 0 Å². The van der Waals surface area contributed by atoms with Crippen molar-refractivity contribution in [2.24, 2.45) is 4.99 Å². The third kappa shape index (κ3) is 5.57. The topological polar surface area (TPSA) is 43.8 Å². The molecule has 3 rings (SSSR count). The number of aromatic nitrogens is 1. The van der Waals surface area contributed by atoms with E-state index in [1.54, 1.807) is 0 Å². The third-order valence-corrected chi connectivity index (χ3v) is 4.78. The summed E-state index contributed by atoms with van der Waals surface area (Å²) in [6.45, 7) is 5.69. The minimum atomic E-state index is 0. The van der Waals surface area contributed by atoms with Gasteiger partial charge in [-0.15, -0.1) is 24.0 Å².